The molecule has 2 N–H and O–H groups in total. The highest BCUT2D eigenvalue weighted by Gasteiger charge is 2.31. The van der Waals surface area contributed by atoms with Gasteiger partial charge in [0.2, 0.25) is 15.9 Å². The van der Waals surface area contributed by atoms with Crippen LogP contribution in [0.3, 0.4) is 0 Å². The Morgan fingerprint density at radius 2 is 1.85 bits per heavy atom. The van der Waals surface area contributed by atoms with Gasteiger partial charge >= 0.3 is 0 Å². The Kier molecular flexibility index (Phi) is 7.90. The van der Waals surface area contributed by atoms with Gasteiger partial charge in [0.25, 0.3) is 5.91 Å². The molecule has 0 aliphatic rings. The number of hydrogen-bond acceptors (Lipinski definition) is 5. The van der Waals surface area contributed by atoms with Crippen LogP contribution in [0.1, 0.15) is 28.4 Å². The van der Waals surface area contributed by atoms with Crippen molar-refractivity contribution in [2.24, 2.45) is 0 Å². The van der Waals surface area contributed by atoms with Crippen LogP contribution in [0, 0.1) is 6.92 Å². The summed E-state index contributed by atoms with van der Waals surface area (Å²) in [6, 6.07) is 13.8. The second-order valence-corrected chi connectivity index (χ2v) is 10.0. The Balaban J connectivity index is 1.83. The SMILES string of the molecule is Cc1ccc(Cl)cc1N(C(C)C(=O)Nc1ccccc1C(=O)NCc1cccnc1)S(C)(=O)=O. The van der Waals surface area contributed by atoms with Crippen LogP contribution in [0.5, 0.6) is 0 Å². The number of anilines is 2. The first-order chi connectivity index (χ1) is 16.1. The number of aryl methyl sites for hydroxylation is 1. The molecule has 2 aromatic carbocycles. The van der Waals surface area contributed by atoms with Crippen LogP contribution in [-0.2, 0) is 21.4 Å². The fourth-order valence-electron chi connectivity index (χ4n) is 3.41. The molecule has 8 nitrogen and oxygen atoms in total. The highest BCUT2D eigenvalue weighted by Crippen LogP contribution is 2.29. The summed E-state index contributed by atoms with van der Waals surface area (Å²) in [5.74, 6) is -0.990. The van der Waals surface area contributed by atoms with Gasteiger partial charge in [-0.1, -0.05) is 35.9 Å². The Hall–Kier alpha value is -3.43. The topological polar surface area (TPSA) is 108 Å². The van der Waals surface area contributed by atoms with Crippen molar-refractivity contribution in [3.63, 3.8) is 0 Å². The van der Waals surface area contributed by atoms with Gasteiger partial charge in [-0.25, -0.2) is 8.42 Å². The molecule has 10 heteroatoms. The zero-order chi connectivity index (χ0) is 24.9. The first kappa shape index (κ1) is 25.2. The number of carbonyl (C=O) groups excluding carboxylic acids is 2. The van der Waals surface area contributed by atoms with E-state index in [0.717, 1.165) is 16.1 Å². The monoisotopic (exact) mass is 500 g/mol. The van der Waals surface area contributed by atoms with E-state index in [1.807, 2.05) is 6.07 Å². The van der Waals surface area contributed by atoms with E-state index in [1.165, 1.54) is 13.0 Å². The summed E-state index contributed by atoms with van der Waals surface area (Å²) in [6.45, 7) is 3.47. The van der Waals surface area contributed by atoms with Gasteiger partial charge in [0.15, 0.2) is 0 Å². The summed E-state index contributed by atoms with van der Waals surface area (Å²) >= 11 is 6.08. The molecular weight excluding hydrogens is 476 g/mol. The molecule has 34 heavy (non-hydrogen) atoms. The zero-order valence-corrected chi connectivity index (χ0v) is 20.5. The largest absolute Gasteiger partial charge is 0.348 e. The van der Waals surface area contributed by atoms with E-state index in [0.29, 0.717) is 16.3 Å². The molecule has 1 heterocycles. The second-order valence-electron chi connectivity index (χ2n) is 7.74. The van der Waals surface area contributed by atoms with Crippen molar-refractivity contribution >= 4 is 44.8 Å². The minimum Gasteiger partial charge on any atom is -0.348 e. The summed E-state index contributed by atoms with van der Waals surface area (Å²) in [6.07, 6.45) is 4.31. The maximum Gasteiger partial charge on any atom is 0.253 e. The quantitative estimate of drug-likeness (QED) is 0.489. The van der Waals surface area contributed by atoms with Gasteiger partial charge in [-0.05, 0) is 55.3 Å². The number of halogens is 1. The van der Waals surface area contributed by atoms with Crippen molar-refractivity contribution in [3.8, 4) is 0 Å². The molecule has 1 aromatic heterocycles. The Morgan fingerprint density at radius 3 is 2.53 bits per heavy atom. The van der Waals surface area contributed by atoms with Gasteiger partial charge in [-0.3, -0.25) is 18.9 Å². The number of para-hydroxylation sites is 1. The number of sulfonamides is 1. The molecule has 0 bridgehead atoms. The molecule has 1 atom stereocenters. The molecule has 0 aliphatic heterocycles. The molecule has 0 saturated carbocycles. The molecule has 0 fully saturated rings. The van der Waals surface area contributed by atoms with E-state index in [4.69, 9.17) is 11.6 Å². The molecular formula is C24H25ClN4O4S. The molecule has 2 amide bonds. The number of benzene rings is 2. The number of aromatic nitrogens is 1. The number of amides is 2. The van der Waals surface area contributed by atoms with Crippen LogP contribution in [0.4, 0.5) is 11.4 Å². The maximum absolute atomic E-state index is 13.1. The van der Waals surface area contributed by atoms with Gasteiger partial charge in [-0.2, -0.15) is 0 Å². The highest BCUT2D eigenvalue weighted by molar-refractivity contribution is 7.92. The van der Waals surface area contributed by atoms with Crippen molar-refractivity contribution < 1.29 is 18.0 Å². The fraction of sp³-hybridized carbons (Fsp3) is 0.208. The van der Waals surface area contributed by atoms with E-state index < -0.39 is 27.9 Å². The number of hydrogen-bond donors (Lipinski definition) is 2. The van der Waals surface area contributed by atoms with Crippen LogP contribution in [0.2, 0.25) is 5.02 Å². The van der Waals surface area contributed by atoms with Crippen LogP contribution in [0.15, 0.2) is 67.0 Å². The van der Waals surface area contributed by atoms with Crippen LogP contribution in [0.25, 0.3) is 0 Å². The van der Waals surface area contributed by atoms with E-state index in [9.17, 15) is 18.0 Å². The maximum atomic E-state index is 13.1. The van der Waals surface area contributed by atoms with Crippen molar-refractivity contribution in [2.45, 2.75) is 26.4 Å². The van der Waals surface area contributed by atoms with E-state index >= 15 is 0 Å². The Bertz CT molecular complexity index is 1300. The van der Waals surface area contributed by atoms with E-state index in [1.54, 1.807) is 61.8 Å². The first-order valence-corrected chi connectivity index (χ1v) is 12.6. The van der Waals surface area contributed by atoms with Gasteiger partial charge in [0.1, 0.15) is 6.04 Å². The lowest BCUT2D eigenvalue weighted by atomic mass is 10.1. The minimum atomic E-state index is -3.83. The van der Waals surface area contributed by atoms with Crippen molar-refractivity contribution in [2.75, 3.05) is 15.9 Å². The van der Waals surface area contributed by atoms with Gasteiger partial charge in [0, 0.05) is 24.0 Å². The third-order valence-corrected chi connectivity index (χ3v) is 6.57. The van der Waals surface area contributed by atoms with Crippen LogP contribution < -0.4 is 14.9 Å². The predicted molar refractivity (Wildman–Crippen MR) is 133 cm³/mol. The van der Waals surface area contributed by atoms with E-state index in [-0.39, 0.29) is 17.8 Å². The highest BCUT2D eigenvalue weighted by atomic mass is 35.5. The van der Waals surface area contributed by atoms with Crippen molar-refractivity contribution in [1.29, 1.82) is 0 Å². The van der Waals surface area contributed by atoms with Crippen molar-refractivity contribution in [3.05, 3.63) is 88.7 Å². The molecule has 3 aromatic rings. The average Bonchev–Trinajstić information content (AvgIpc) is 2.80. The fourth-order valence-corrected chi connectivity index (χ4v) is 4.80. The third-order valence-electron chi connectivity index (χ3n) is 5.10. The first-order valence-electron chi connectivity index (χ1n) is 10.4. The van der Waals surface area contributed by atoms with Gasteiger partial charge in [-0.15, -0.1) is 0 Å². The van der Waals surface area contributed by atoms with Crippen LogP contribution >= 0.6 is 11.6 Å². The number of carbonyl (C=O) groups is 2. The zero-order valence-electron chi connectivity index (χ0n) is 18.9. The van der Waals surface area contributed by atoms with E-state index in [2.05, 4.69) is 15.6 Å². The van der Waals surface area contributed by atoms with Crippen molar-refractivity contribution in [1.82, 2.24) is 10.3 Å². The van der Waals surface area contributed by atoms with Crippen LogP contribution in [-0.4, -0.2) is 37.5 Å². The molecule has 3 rings (SSSR count). The lowest BCUT2D eigenvalue weighted by Crippen LogP contribution is -2.45. The molecule has 0 spiro atoms. The lowest BCUT2D eigenvalue weighted by molar-refractivity contribution is -0.116. The second kappa shape index (κ2) is 10.7. The summed E-state index contributed by atoms with van der Waals surface area (Å²) < 4.78 is 26.3. The number of nitrogens with zero attached hydrogens (tertiary/aromatic N) is 2. The lowest BCUT2D eigenvalue weighted by Gasteiger charge is -2.29. The molecule has 0 radical (unpaired) electrons. The third kappa shape index (κ3) is 6.12. The molecule has 0 saturated heterocycles. The summed E-state index contributed by atoms with van der Waals surface area (Å²) in [5.41, 5.74) is 2.28. The molecule has 0 aliphatic carbocycles. The summed E-state index contributed by atoms with van der Waals surface area (Å²) in [4.78, 5) is 29.9. The minimum absolute atomic E-state index is 0.247. The van der Waals surface area contributed by atoms with Gasteiger partial charge < -0.3 is 10.6 Å². The standard InChI is InChI=1S/C24H25ClN4O4S/c1-16-10-11-19(25)13-22(16)29(34(3,32)33)17(2)23(30)28-21-9-5-4-8-20(21)24(31)27-15-18-7-6-12-26-14-18/h4-14,17H,15H2,1-3H3,(H,27,31)(H,28,30). The molecule has 1 unspecified atom stereocenters. The number of pyridine rings is 1. The summed E-state index contributed by atoms with van der Waals surface area (Å²) in [7, 11) is -3.83. The Labute approximate surface area is 204 Å². The predicted octanol–water partition coefficient (Wildman–Crippen LogP) is 3.77. The smallest absolute Gasteiger partial charge is 0.253 e. The normalized spacial score (nSPS) is 12.0. The number of rotatable bonds is 8. The number of nitrogens with one attached hydrogen (secondary N) is 2. The average molecular weight is 501 g/mol. The Morgan fingerprint density at radius 1 is 1.12 bits per heavy atom. The van der Waals surface area contributed by atoms with Gasteiger partial charge in [0.05, 0.1) is 23.2 Å². The summed E-state index contributed by atoms with van der Waals surface area (Å²) in [5, 5.41) is 5.83. The molecule has 178 valence electrons.